The van der Waals surface area contributed by atoms with Crippen molar-refractivity contribution in [3.8, 4) is 16.9 Å². The Morgan fingerprint density at radius 3 is 2.70 bits per heavy atom. The van der Waals surface area contributed by atoms with Gasteiger partial charge in [0.1, 0.15) is 17.7 Å². The van der Waals surface area contributed by atoms with Crippen LogP contribution in [-0.4, -0.2) is 18.6 Å². The van der Waals surface area contributed by atoms with Gasteiger partial charge in [-0.05, 0) is 24.3 Å². The Balaban J connectivity index is 2.01. The first kappa shape index (κ1) is 16.1. The number of carbonyl (C=O) groups excluding carboxylic acids is 1. The molecule has 1 N–H and O–H groups in total. The largest absolute Gasteiger partial charge is 0.487 e. The third-order valence-corrected chi connectivity index (χ3v) is 4.30. The van der Waals surface area contributed by atoms with Crippen LogP contribution < -0.4 is 10.1 Å². The highest BCUT2D eigenvalue weighted by Crippen LogP contribution is 2.44. The number of halogens is 3. The highest BCUT2D eigenvalue weighted by molar-refractivity contribution is 6.39. The van der Waals surface area contributed by atoms with Gasteiger partial charge in [0, 0.05) is 30.0 Å². The van der Waals surface area contributed by atoms with Crippen molar-refractivity contribution in [2.45, 2.75) is 19.4 Å². The zero-order valence-corrected chi connectivity index (χ0v) is 13.8. The van der Waals surface area contributed by atoms with E-state index in [4.69, 9.17) is 27.9 Å². The van der Waals surface area contributed by atoms with Crippen molar-refractivity contribution in [1.82, 2.24) is 5.32 Å². The minimum atomic E-state index is -0.376. The summed E-state index contributed by atoms with van der Waals surface area (Å²) in [6.07, 6.45) is 0.276. The maximum absolute atomic E-state index is 14.0. The normalized spacial score (nSPS) is 15.9. The second-order valence-electron chi connectivity index (χ2n) is 5.42. The molecule has 1 heterocycles. The SMILES string of the molecule is CC(=O)NCC1Cc2cc(F)cc(-c3c(Cl)cccc3Cl)c2O1. The zero-order chi connectivity index (χ0) is 16.6. The summed E-state index contributed by atoms with van der Waals surface area (Å²) in [6, 6.07) is 7.94. The lowest BCUT2D eigenvalue weighted by Gasteiger charge is -2.14. The summed E-state index contributed by atoms with van der Waals surface area (Å²) in [6.45, 7) is 1.80. The monoisotopic (exact) mass is 353 g/mol. The van der Waals surface area contributed by atoms with Gasteiger partial charge in [-0.15, -0.1) is 0 Å². The maximum Gasteiger partial charge on any atom is 0.217 e. The summed E-state index contributed by atoms with van der Waals surface area (Å²) in [4.78, 5) is 11.0. The number of amides is 1. The van der Waals surface area contributed by atoms with Crippen LogP contribution in [0.1, 0.15) is 12.5 Å². The number of ether oxygens (including phenoxy) is 1. The summed E-state index contributed by atoms with van der Waals surface area (Å²) >= 11 is 12.5. The lowest BCUT2D eigenvalue weighted by Crippen LogP contribution is -2.32. The van der Waals surface area contributed by atoms with Crippen LogP contribution in [-0.2, 0) is 11.2 Å². The van der Waals surface area contributed by atoms with E-state index in [0.717, 1.165) is 5.56 Å². The number of nitrogens with one attached hydrogen (secondary N) is 1. The first-order chi connectivity index (χ1) is 11.0. The van der Waals surface area contributed by atoms with Crippen LogP contribution in [0.25, 0.3) is 11.1 Å². The van der Waals surface area contributed by atoms with Crippen molar-refractivity contribution < 1.29 is 13.9 Å². The van der Waals surface area contributed by atoms with Gasteiger partial charge < -0.3 is 10.1 Å². The molecule has 1 amide bonds. The molecule has 0 fully saturated rings. The Labute approximate surface area is 143 Å². The molecule has 0 saturated carbocycles. The Kier molecular flexibility index (Phi) is 4.46. The topological polar surface area (TPSA) is 38.3 Å². The third-order valence-electron chi connectivity index (χ3n) is 3.67. The highest BCUT2D eigenvalue weighted by atomic mass is 35.5. The van der Waals surface area contributed by atoms with Gasteiger partial charge in [0.25, 0.3) is 0 Å². The summed E-state index contributed by atoms with van der Waals surface area (Å²) in [7, 11) is 0. The molecule has 2 aromatic carbocycles. The molecule has 6 heteroatoms. The zero-order valence-electron chi connectivity index (χ0n) is 12.3. The van der Waals surface area contributed by atoms with Gasteiger partial charge >= 0.3 is 0 Å². The fourth-order valence-electron chi connectivity index (χ4n) is 2.71. The number of fused-ring (bicyclic) bond motifs is 1. The Bertz CT molecular complexity index is 759. The van der Waals surface area contributed by atoms with Crippen LogP contribution in [0.2, 0.25) is 10.0 Å². The number of hydrogen-bond acceptors (Lipinski definition) is 2. The Morgan fingerprint density at radius 2 is 2.04 bits per heavy atom. The minimum Gasteiger partial charge on any atom is -0.487 e. The van der Waals surface area contributed by atoms with Gasteiger partial charge in [-0.3, -0.25) is 4.79 Å². The van der Waals surface area contributed by atoms with Gasteiger partial charge in [-0.25, -0.2) is 4.39 Å². The molecular formula is C17H14Cl2FNO2. The van der Waals surface area contributed by atoms with Crippen LogP contribution in [0.4, 0.5) is 4.39 Å². The number of rotatable bonds is 3. The van der Waals surface area contributed by atoms with E-state index in [1.165, 1.54) is 19.1 Å². The Morgan fingerprint density at radius 1 is 1.35 bits per heavy atom. The van der Waals surface area contributed by atoms with Crippen LogP contribution in [0.3, 0.4) is 0 Å². The molecular weight excluding hydrogens is 340 g/mol. The lowest BCUT2D eigenvalue weighted by molar-refractivity contribution is -0.119. The molecule has 23 heavy (non-hydrogen) atoms. The number of carbonyl (C=O) groups is 1. The van der Waals surface area contributed by atoms with Crippen molar-refractivity contribution in [3.63, 3.8) is 0 Å². The molecule has 3 rings (SSSR count). The molecule has 0 bridgehead atoms. The van der Waals surface area contributed by atoms with E-state index < -0.39 is 0 Å². The molecule has 2 aromatic rings. The van der Waals surface area contributed by atoms with E-state index in [1.54, 1.807) is 18.2 Å². The van der Waals surface area contributed by atoms with Crippen molar-refractivity contribution in [2.24, 2.45) is 0 Å². The minimum absolute atomic E-state index is 0.134. The van der Waals surface area contributed by atoms with Crippen LogP contribution in [0.15, 0.2) is 30.3 Å². The molecule has 0 saturated heterocycles. The summed E-state index contributed by atoms with van der Waals surface area (Å²) in [5.74, 6) is 0.0559. The first-order valence-electron chi connectivity index (χ1n) is 7.13. The molecule has 3 nitrogen and oxygen atoms in total. The molecule has 1 atom stereocenters. The molecule has 0 aliphatic carbocycles. The predicted molar refractivity (Wildman–Crippen MR) is 88.7 cm³/mol. The molecule has 120 valence electrons. The van der Waals surface area contributed by atoms with Gasteiger partial charge in [0.15, 0.2) is 0 Å². The predicted octanol–water partition coefficient (Wildman–Crippen LogP) is 4.24. The molecule has 1 aliphatic rings. The van der Waals surface area contributed by atoms with Gasteiger partial charge in [-0.1, -0.05) is 29.3 Å². The van der Waals surface area contributed by atoms with E-state index in [-0.39, 0.29) is 17.8 Å². The summed E-state index contributed by atoms with van der Waals surface area (Å²) in [5, 5.41) is 3.57. The molecule has 0 radical (unpaired) electrons. The van der Waals surface area contributed by atoms with Crippen molar-refractivity contribution in [3.05, 3.63) is 51.8 Å². The van der Waals surface area contributed by atoms with E-state index in [9.17, 15) is 9.18 Å². The quantitative estimate of drug-likeness (QED) is 0.896. The van der Waals surface area contributed by atoms with E-state index in [2.05, 4.69) is 5.32 Å². The van der Waals surface area contributed by atoms with Crippen LogP contribution >= 0.6 is 23.2 Å². The first-order valence-corrected chi connectivity index (χ1v) is 7.89. The van der Waals surface area contributed by atoms with Gasteiger partial charge in [0.2, 0.25) is 5.91 Å². The summed E-state index contributed by atoms with van der Waals surface area (Å²) in [5.41, 5.74) is 1.82. The van der Waals surface area contributed by atoms with Crippen LogP contribution in [0.5, 0.6) is 5.75 Å². The summed E-state index contributed by atoms with van der Waals surface area (Å²) < 4.78 is 19.9. The smallest absolute Gasteiger partial charge is 0.217 e. The molecule has 0 spiro atoms. The van der Waals surface area contributed by atoms with Crippen molar-refractivity contribution in [2.75, 3.05) is 6.54 Å². The van der Waals surface area contributed by atoms with E-state index in [0.29, 0.717) is 39.9 Å². The molecule has 1 unspecified atom stereocenters. The standard InChI is InChI=1S/C17H14Cl2FNO2/c1-9(22)21-8-12-6-10-5-11(20)7-13(17(10)23-12)16-14(18)3-2-4-15(16)19/h2-5,7,12H,6,8H2,1H3,(H,21,22). The maximum atomic E-state index is 14.0. The average molecular weight is 354 g/mol. The fraction of sp³-hybridized carbons (Fsp3) is 0.235. The van der Waals surface area contributed by atoms with Crippen LogP contribution in [0, 0.1) is 5.82 Å². The fourth-order valence-corrected chi connectivity index (χ4v) is 3.31. The Hall–Kier alpha value is -1.78. The van der Waals surface area contributed by atoms with Gasteiger partial charge in [0.05, 0.1) is 16.6 Å². The van der Waals surface area contributed by atoms with Crippen molar-refractivity contribution >= 4 is 29.1 Å². The number of hydrogen-bond donors (Lipinski definition) is 1. The molecule has 0 aromatic heterocycles. The van der Waals surface area contributed by atoms with Gasteiger partial charge in [-0.2, -0.15) is 0 Å². The third kappa shape index (κ3) is 3.28. The van der Waals surface area contributed by atoms with Crippen molar-refractivity contribution in [1.29, 1.82) is 0 Å². The van der Waals surface area contributed by atoms with E-state index in [1.807, 2.05) is 0 Å². The highest BCUT2D eigenvalue weighted by Gasteiger charge is 2.28. The average Bonchev–Trinajstić information content (AvgIpc) is 2.87. The van der Waals surface area contributed by atoms with E-state index >= 15 is 0 Å². The second kappa shape index (κ2) is 6.38. The molecule has 1 aliphatic heterocycles. The second-order valence-corrected chi connectivity index (χ2v) is 6.23. The lowest BCUT2D eigenvalue weighted by atomic mass is 10.00. The number of benzene rings is 2.